The van der Waals surface area contributed by atoms with Gasteiger partial charge in [0.05, 0.1) is 5.60 Å². The first-order valence-corrected chi connectivity index (χ1v) is 5.24. The molecule has 0 aliphatic heterocycles. The number of halogens is 1. The minimum absolute atomic E-state index is 0.0532. The normalized spacial score (nSPS) is 11.5. The summed E-state index contributed by atoms with van der Waals surface area (Å²) >= 11 is 0. The number of methoxy groups -OCH3 is 1. The van der Waals surface area contributed by atoms with Crippen molar-refractivity contribution in [3.63, 3.8) is 0 Å². The average molecular weight is 224 g/mol. The van der Waals surface area contributed by atoms with E-state index in [2.05, 4.69) is 0 Å². The molecule has 0 aliphatic rings. The van der Waals surface area contributed by atoms with Crippen molar-refractivity contribution < 1.29 is 13.9 Å². The van der Waals surface area contributed by atoms with Gasteiger partial charge < -0.3 is 4.74 Å². The molecule has 1 rings (SSSR count). The molecule has 88 valence electrons. The van der Waals surface area contributed by atoms with Crippen LogP contribution in [0.25, 0.3) is 0 Å². The van der Waals surface area contributed by atoms with Crippen LogP contribution in [0.5, 0.6) is 0 Å². The van der Waals surface area contributed by atoms with E-state index in [4.69, 9.17) is 4.74 Å². The van der Waals surface area contributed by atoms with Crippen molar-refractivity contribution in [1.29, 1.82) is 0 Å². The quantitative estimate of drug-likeness (QED) is 0.768. The summed E-state index contributed by atoms with van der Waals surface area (Å²) in [6.07, 6.45) is 0.588. The molecule has 0 heterocycles. The Balaban J connectivity index is 2.59. The molecule has 0 radical (unpaired) electrons. The standard InChI is InChI=1S/C13H17FO2/c1-13(2,16-3)9-12(15)8-10-5-4-6-11(14)7-10/h4-7H,8-9H2,1-3H3. The zero-order chi connectivity index (χ0) is 12.2. The SMILES string of the molecule is COC(C)(C)CC(=O)Cc1cccc(F)c1. The fraction of sp³-hybridized carbons (Fsp3) is 0.462. The number of Topliss-reactive ketones (excluding diaryl/α,β-unsaturated/α-hetero) is 1. The highest BCUT2D eigenvalue weighted by Gasteiger charge is 2.20. The lowest BCUT2D eigenvalue weighted by Crippen LogP contribution is -2.27. The Hall–Kier alpha value is -1.22. The van der Waals surface area contributed by atoms with Crippen LogP contribution in [0, 0.1) is 5.82 Å². The Morgan fingerprint density at radius 1 is 1.44 bits per heavy atom. The summed E-state index contributed by atoms with van der Waals surface area (Å²) in [4.78, 5) is 11.7. The molecule has 0 bridgehead atoms. The lowest BCUT2D eigenvalue weighted by molar-refractivity contribution is -0.123. The van der Waals surface area contributed by atoms with Gasteiger partial charge in [-0.25, -0.2) is 4.39 Å². The maximum atomic E-state index is 12.9. The smallest absolute Gasteiger partial charge is 0.140 e. The van der Waals surface area contributed by atoms with E-state index < -0.39 is 5.60 Å². The van der Waals surface area contributed by atoms with Crippen molar-refractivity contribution in [2.75, 3.05) is 7.11 Å². The third-order valence-electron chi connectivity index (χ3n) is 2.47. The molecular formula is C13H17FO2. The summed E-state index contributed by atoms with van der Waals surface area (Å²) in [5, 5.41) is 0. The third kappa shape index (κ3) is 4.11. The van der Waals surface area contributed by atoms with Gasteiger partial charge in [0.1, 0.15) is 11.6 Å². The van der Waals surface area contributed by atoms with Crippen molar-refractivity contribution in [2.24, 2.45) is 0 Å². The van der Waals surface area contributed by atoms with Crippen molar-refractivity contribution in [3.05, 3.63) is 35.6 Å². The van der Waals surface area contributed by atoms with Crippen LogP contribution in [0.3, 0.4) is 0 Å². The van der Waals surface area contributed by atoms with Gasteiger partial charge in [-0.3, -0.25) is 4.79 Å². The number of ketones is 1. The molecule has 0 unspecified atom stereocenters. The zero-order valence-electron chi connectivity index (χ0n) is 9.92. The van der Waals surface area contributed by atoms with Crippen molar-refractivity contribution in [1.82, 2.24) is 0 Å². The van der Waals surface area contributed by atoms with E-state index in [9.17, 15) is 9.18 Å². The Kier molecular flexibility index (Phi) is 4.19. The second-order valence-corrected chi connectivity index (χ2v) is 4.49. The molecule has 2 nitrogen and oxygen atoms in total. The molecule has 0 saturated heterocycles. The van der Waals surface area contributed by atoms with E-state index in [1.165, 1.54) is 12.1 Å². The van der Waals surface area contributed by atoms with Gasteiger partial charge >= 0.3 is 0 Å². The van der Waals surface area contributed by atoms with Crippen LogP contribution in [0.15, 0.2) is 24.3 Å². The van der Waals surface area contributed by atoms with Crippen LogP contribution in [-0.2, 0) is 16.0 Å². The van der Waals surface area contributed by atoms with E-state index in [0.29, 0.717) is 12.0 Å². The zero-order valence-corrected chi connectivity index (χ0v) is 9.92. The van der Waals surface area contributed by atoms with Crippen LogP contribution in [0.2, 0.25) is 0 Å². The van der Waals surface area contributed by atoms with Gasteiger partial charge in [-0.1, -0.05) is 12.1 Å². The fourth-order valence-electron chi connectivity index (χ4n) is 1.48. The molecule has 0 spiro atoms. The van der Waals surface area contributed by atoms with Gasteiger partial charge in [0, 0.05) is 20.0 Å². The number of rotatable bonds is 5. The first-order valence-electron chi connectivity index (χ1n) is 5.24. The second kappa shape index (κ2) is 5.21. The topological polar surface area (TPSA) is 26.3 Å². The fourth-order valence-corrected chi connectivity index (χ4v) is 1.48. The molecule has 0 aromatic heterocycles. The van der Waals surface area contributed by atoms with Gasteiger partial charge in [0.2, 0.25) is 0 Å². The number of carbonyl (C=O) groups is 1. The molecule has 0 atom stereocenters. The molecule has 0 amide bonds. The Bertz CT molecular complexity index is 372. The van der Waals surface area contributed by atoms with Gasteiger partial charge in [-0.05, 0) is 31.5 Å². The summed E-state index contributed by atoms with van der Waals surface area (Å²) in [5.41, 5.74) is 0.252. The minimum atomic E-state index is -0.454. The number of hydrogen-bond acceptors (Lipinski definition) is 2. The molecule has 3 heteroatoms. The minimum Gasteiger partial charge on any atom is -0.378 e. The molecule has 16 heavy (non-hydrogen) atoms. The van der Waals surface area contributed by atoms with Gasteiger partial charge in [0.15, 0.2) is 0 Å². The van der Waals surface area contributed by atoms with Crippen molar-refractivity contribution in [3.8, 4) is 0 Å². The van der Waals surface area contributed by atoms with Crippen LogP contribution in [-0.4, -0.2) is 18.5 Å². The van der Waals surface area contributed by atoms with E-state index in [1.54, 1.807) is 19.2 Å². The van der Waals surface area contributed by atoms with E-state index in [0.717, 1.165) is 0 Å². The molecule has 0 N–H and O–H groups in total. The van der Waals surface area contributed by atoms with Gasteiger partial charge in [-0.2, -0.15) is 0 Å². The molecule has 0 fully saturated rings. The summed E-state index contributed by atoms with van der Waals surface area (Å²) in [6, 6.07) is 6.12. The van der Waals surface area contributed by atoms with Crippen LogP contribution >= 0.6 is 0 Å². The average Bonchev–Trinajstić information content (AvgIpc) is 2.16. The Morgan fingerprint density at radius 2 is 2.12 bits per heavy atom. The van der Waals surface area contributed by atoms with Crippen LogP contribution in [0.4, 0.5) is 4.39 Å². The van der Waals surface area contributed by atoms with E-state index >= 15 is 0 Å². The molecule has 0 saturated carbocycles. The summed E-state index contributed by atoms with van der Waals surface area (Å²) < 4.78 is 18.1. The number of carbonyl (C=O) groups excluding carboxylic acids is 1. The van der Waals surface area contributed by atoms with Crippen molar-refractivity contribution >= 4 is 5.78 Å². The van der Waals surface area contributed by atoms with E-state index in [1.807, 2.05) is 13.8 Å². The van der Waals surface area contributed by atoms with Crippen molar-refractivity contribution in [2.45, 2.75) is 32.3 Å². The molecular weight excluding hydrogens is 207 g/mol. The maximum absolute atomic E-state index is 12.9. The summed E-state index contributed by atoms with van der Waals surface area (Å²) in [5.74, 6) is -0.256. The maximum Gasteiger partial charge on any atom is 0.140 e. The summed E-state index contributed by atoms with van der Waals surface area (Å²) in [7, 11) is 1.58. The monoisotopic (exact) mass is 224 g/mol. The Morgan fingerprint density at radius 3 is 2.69 bits per heavy atom. The predicted molar refractivity (Wildman–Crippen MR) is 60.8 cm³/mol. The van der Waals surface area contributed by atoms with Gasteiger partial charge in [0.25, 0.3) is 0 Å². The molecule has 1 aromatic carbocycles. The Labute approximate surface area is 95.4 Å². The number of ether oxygens (including phenoxy) is 1. The lowest BCUT2D eigenvalue weighted by atomic mass is 9.97. The first-order chi connectivity index (χ1) is 7.43. The lowest BCUT2D eigenvalue weighted by Gasteiger charge is -2.21. The highest BCUT2D eigenvalue weighted by Crippen LogP contribution is 2.15. The number of hydrogen-bond donors (Lipinski definition) is 0. The highest BCUT2D eigenvalue weighted by atomic mass is 19.1. The predicted octanol–water partition coefficient (Wildman–Crippen LogP) is 2.75. The van der Waals surface area contributed by atoms with E-state index in [-0.39, 0.29) is 18.0 Å². The van der Waals surface area contributed by atoms with Crippen LogP contribution < -0.4 is 0 Å². The van der Waals surface area contributed by atoms with Crippen LogP contribution in [0.1, 0.15) is 25.8 Å². The second-order valence-electron chi connectivity index (χ2n) is 4.49. The molecule has 0 aliphatic carbocycles. The third-order valence-corrected chi connectivity index (χ3v) is 2.47. The highest BCUT2D eigenvalue weighted by molar-refractivity contribution is 5.81. The largest absolute Gasteiger partial charge is 0.378 e. The van der Waals surface area contributed by atoms with Gasteiger partial charge in [-0.15, -0.1) is 0 Å². The molecule has 1 aromatic rings. The number of benzene rings is 1. The first kappa shape index (κ1) is 12.8. The summed E-state index contributed by atoms with van der Waals surface area (Å²) in [6.45, 7) is 3.72.